The molecule has 0 aliphatic heterocycles. The SMILES string of the molecule is CCCOCCC.OCC(O)CO. The summed E-state index contributed by atoms with van der Waals surface area (Å²) in [6, 6.07) is 0. The Morgan fingerprint density at radius 1 is 1.00 bits per heavy atom. The molecule has 3 N–H and O–H groups in total. The fourth-order valence-electron chi connectivity index (χ4n) is 0.448. The van der Waals surface area contributed by atoms with Crippen LogP contribution in [0, 0.1) is 0 Å². The predicted molar refractivity (Wildman–Crippen MR) is 51.6 cm³/mol. The van der Waals surface area contributed by atoms with Gasteiger partial charge in [0.1, 0.15) is 6.10 Å². The molecule has 0 saturated carbocycles. The van der Waals surface area contributed by atoms with Gasteiger partial charge in [0.25, 0.3) is 0 Å². The second-order valence-corrected chi connectivity index (χ2v) is 2.63. The monoisotopic (exact) mass is 194 g/mol. The molecule has 0 spiro atoms. The molecule has 0 unspecified atom stereocenters. The third kappa shape index (κ3) is 18.7. The summed E-state index contributed by atoms with van der Waals surface area (Å²) in [6.45, 7) is 5.36. The summed E-state index contributed by atoms with van der Waals surface area (Å²) >= 11 is 0. The van der Waals surface area contributed by atoms with E-state index >= 15 is 0 Å². The van der Waals surface area contributed by atoms with Crippen molar-refractivity contribution >= 4 is 0 Å². The number of ether oxygens (including phenoxy) is 1. The van der Waals surface area contributed by atoms with Gasteiger partial charge in [0.2, 0.25) is 0 Å². The highest BCUT2D eigenvalue weighted by Gasteiger charge is 1.93. The van der Waals surface area contributed by atoms with Crippen molar-refractivity contribution in [1.29, 1.82) is 0 Å². The average Bonchev–Trinajstić information content (AvgIpc) is 2.18. The molecule has 0 amide bonds. The molecule has 0 aromatic carbocycles. The van der Waals surface area contributed by atoms with Gasteiger partial charge >= 0.3 is 0 Å². The van der Waals surface area contributed by atoms with Crippen LogP contribution in [-0.4, -0.2) is 47.9 Å². The third-order valence-electron chi connectivity index (χ3n) is 1.12. The van der Waals surface area contributed by atoms with Gasteiger partial charge in [-0.25, -0.2) is 0 Å². The number of hydrogen-bond donors (Lipinski definition) is 3. The summed E-state index contributed by atoms with van der Waals surface area (Å²) in [7, 11) is 0. The van der Waals surface area contributed by atoms with Crippen molar-refractivity contribution in [2.24, 2.45) is 0 Å². The molecular weight excluding hydrogens is 172 g/mol. The van der Waals surface area contributed by atoms with Crippen LogP contribution in [0.2, 0.25) is 0 Å². The van der Waals surface area contributed by atoms with E-state index in [1.54, 1.807) is 0 Å². The van der Waals surface area contributed by atoms with Gasteiger partial charge in [-0.1, -0.05) is 13.8 Å². The van der Waals surface area contributed by atoms with Crippen LogP contribution < -0.4 is 0 Å². The van der Waals surface area contributed by atoms with Gasteiger partial charge in [-0.2, -0.15) is 0 Å². The summed E-state index contributed by atoms with van der Waals surface area (Å²) in [4.78, 5) is 0. The van der Waals surface area contributed by atoms with Crippen LogP contribution in [0.1, 0.15) is 26.7 Å². The van der Waals surface area contributed by atoms with Crippen molar-refractivity contribution in [3.05, 3.63) is 0 Å². The molecule has 0 rings (SSSR count). The topological polar surface area (TPSA) is 69.9 Å². The van der Waals surface area contributed by atoms with Gasteiger partial charge in [0.15, 0.2) is 0 Å². The Kier molecular flexibility index (Phi) is 16.9. The quantitative estimate of drug-likeness (QED) is 0.527. The summed E-state index contributed by atoms with van der Waals surface area (Å²) in [5.41, 5.74) is 0. The van der Waals surface area contributed by atoms with E-state index in [4.69, 9.17) is 20.1 Å². The number of hydrogen-bond acceptors (Lipinski definition) is 4. The molecule has 0 bridgehead atoms. The van der Waals surface area contributed by atoms with E-state index < -0.39 is 6.10 Å². The molecule has 0 atom stereocenters. The van der Waals surface area contributed by atoms with E-state index in [0.29, 0.717) is 0 Å². The van der Waals surface area contributed by atoms with E-state index in [2.05, 4.69) is 13.8 Å². The maximum atomic E-state index is 8.17. The van der Waals surface area contributed by atoms with Crippen LogP contribution in [0.4, 0.5) is 0 Å². The van der Waals surface area contributed by atoms with E-state index in [-0.39, 0.29) is 13.2 Å². The molecule has 0 radical (unpaired) electrons. The lowest BCUT2D eigenvalue weighted by Crippen LogP contribution is -2.15. The standard InChI is InChI=1S/C6H14O.C3H8O3/c1-3-5-7-6-4-2;4-1-3(6)2-5/h3-6H2,1-2H3;3-6H,1-2H2. The van der Waals surface area contributed by atoms with Gasteiger partial charge in [-0.15, -0.1) is 0 Å². The highest BCUT2D eigenvalue weighted by atomic mass is 16.5. The number of rotatable bonds is 6. The third-order valence-corrected chi connectivity index (χ3v) is 1.12. The molecule has 0 aromatic rings. The van der Waals surface area contributed by atoms with Crippen LogP contribution in [0.15, 0.2) is 0 Å². The van der Waals surface area contributed by atoms with Gasteiger partial charge in [-0.3, -0.25) is 0 Å². The Morgan fingerprint density at radius 3 is 1.54 bits per heavy atom. The Morgan fingerprint density at radius 2 is 1.38 bits per heavy atom. The number of aliphatic hydroxyl groups is 3. The zero-order chi connectivity index (χ0) is 10.5. The van der Waals surface area contributed by atoms with Crippen LogP contribution in [0.25, 0.3) is 0 Å². The predicted octanol–water partition coefficient (Wildman–Crippen LogP) is 0.155. The van der Waals surface area contributed by atoms with Crippen molar-refractivity contribution in [3.8, 4) is 0 Å². The second-order valence-electron chi connectivity index (χ2n) is 2.63. The lowest BCUT2D eigenvalue weighted by Gasteiger charge is -1.96. The van der Waals surface area contributed by atoms with Crippen LogP contribution >= 0.6 is 0 Å². The smallest absolute Gasteiger partial charge is 0.100 e. The average molecular weight is 194 g/mol. The molecule has 82 valence electrons. The first-order valence-electron chi connectivity index (χ1n) is 4.70. The van der Waals surface area contributed by atoms with Crippen LogP contribution in [0.5, 0.6) is 0 Å². The molecule has 13 heavy (non-hydrogen) atoms. The Balaban J connectivity index is 0. The van der Waals surface area contributed by atoms with Gasteiger partial charge in [0.05, 0.1) is 13.2 Å². The molecule has 0 heterocycles. The molecule has 4 heteroatoms. The molecule has 0 aliphatic carbocycles. The van der Waals surface area contributed by atoms with E-state index in [1.165, 1.54) is 0 Å². The lowest BCUT2D eigenvalue weighted by molar-refractivity contribution is 0.0450. The first kappa shape index (κ1) is 15.3. The first-order chi connectivity index (χ1) is 6.22. The number of aliphatic hydroxyl groups excluding tert-OH is 3. The zero-order valence-electron chi connectivity index (χ0n) is 8.57. The highest BCUT2D eigenvalue weighted by Crippen LogP contribution is 1.81. The van der Waals surface area contributed by atoms with Crippen LogP contribution in [0.3, 0.4) is 0 Å². The fourth-order valence-corrected chi connectivity index (χ4v) is 0.448. The summed E-state index contributed by atoms with van der Waals surface area (Å²) in [5.74, 6) is 0. The minimum Gasteiger partial charge on any atom is -0.394 e. The molecular formula is C9H22O4. The van der Waals surface area contributed by atoms with Crippen molar-refractivity contribution in [3.63, 3.8) is 0 Å². The summed E-state index contributed by atoms with van der Waals surface area (Å²) in [6.07, 6.45) is 1.32. The van der Waals surface area contributed by atoms with Gasteiger partial charge in [-0.05, 0) is 12.8 Å². The first-order valence-corrected chi connectivity index (χ1v) is 4.70. The van der Waals surface area contributed by atoms with Crippen molar-refractivity contribution in [2.75, 3.05) is 26.4 Å². The highest BCUT2D eigenvalue weighted by molar-refractivity contribution is 4.44. The summed E-state index contributed by atoms with van der Waals surface area (Å²) < 4.78 is 5.13. The Labute approximate surface area is 80.2 Å². The van der Waals surface area contributed by atoms with Crippen LogP contribution in [-0.2, 0) is 4.74 Å². The molecule has 0 fully saturated rings. The van der Waals surface area contributed by atoms with Gasteiger partial charge in [0, 0.05) is 13.2 Å². The fraction of sp³-hybridized carbons (Fsp3) is 1.00. The van der Waals surface area contributed by atoms with Crippen molar-refractivity contribution in [1.82, 2.24) is 0 Å². The van der Waals surface area contributed by atoms with E-state index in [0.717, 1.165) is 26.1 Å². The molecule has 0 aromatic heterocycles. The molecule has 0 aliphatic rings. The van der Waals surface area contributed by atoms with E-state index in [1.807, 2.05) is 0 Å². The van der Waals surface area contributed by atoms with Gasteiger partial charge < -0.3 is 20.1 Å². The molecule has 4 nitrogen and oxygen atoms in total. The minimum absolute atomic E-state index is 0.365. The Bertz CT molecular complexity index is 70.0. The van der Waals surface area contributed by atoms with E-state index in [9.17, 15) is 0 Å². The van der Waals surface area contributed by atoms with Crippen molar-refractivity contribution < 1.29 is 20.1 Å². The maximum Gasteiger partial charge on any atom is 0.100 e. The lowest BCUT2D eigenvalue weighted by atomic mass is 10.4. The minimum atomic E-state index is -0.954. The molecule has 0 saturated heterocycles. The second kappa shape index (κ2) is 14.4. The normalized spacial score (nSPS) is 9.69. The van der Waals surface area contributed by atoms with Crippen molar-refractivity contribution in [2.45, 2.75) is 32.8 Å². The largest absolute Gasteiger partial charge is 0.394 e. The maximum absolute atomic E-state index is 8.17. The summed E-state index contributed by atoms with van der Waals surface area (Å²) in [5, 5.41) is 24.0. The zero-order valence-corrected chi connectivity index (χ0v) is 8.57. The Hall–Kier alpha value is -0.160.